The molecule has 2 aromatic heterocycles. The molecular formula is C17H22N4O2. The smallest absolute Gasteiger partial charge is 0.263 e. The normalized spacial score (nSPS) is 13.8. The van der Waals surface area contributed by atoms with Gasteiger partial charge in [0.2, 0.25) is 5.91 Å². The number of unbranched alkanes of at least 4 members (excludes halogenated alkanes) is 1. The van der Waals surface area contributed by atoms with Crippen LogP contribution in [-0.4, -0.2) is 27.0 Å². The molecule has 0 radical (unpaired) electrons. The van der Waals surface area contributed by atoms with Crippen molar-refractivity contribution in [3.8, 4) is 0 Å². The molecule has 0 aromatic carbocycles. The van der Waals surface area contributed by atoms with Crippen LogP contribution in [0.5, 0.6) is 0 Å². The number of carbonyl (C=O) groups is 1. The second kappa shape index (κ2) is 6.89. The quantitative estimate of drug-likeness (QED) is 0.850. The van der Waals surface area contributed by atoms with Gasteiger partial charge < -0.3 is 5.32 Å². The van der Waals surface area contributed by atoms with Crippen LogP contribution < -0.4 is 10.9 Å². The number of nitrogens with zero attached hydrogens (tertiary/aromatic N) is 3. The molecule has 0 saturated heterocycles. The van der Waals surface area contributed by atoms with Crippen LogP contribution in [0.15, 0.2) is 17.2 Å². The van der Waals surface area contributed by atoms with Crippen molar-refractivity contribution in [3.63, 3.8) is 0 Å². The Labute approximate surface area is 134 Å². The molecule has 0 unspecified atom stereocenters. The van der Waals surface area contributed by atoms with E-state index in [9.17, 15) is 9.59 Å². The molecule has 0 saturated carbocycles. The average molecular weight is 314 g/mol. The van der Waals surface area contributed by atoms with Crippen LogP contribution in [0.1, 0.15) is 43.9 Å². The summed E-state index contributed by atoms with van der Waals surface area (Å²) in [6, 6.07) is 1.91. The summed E-state index contributed by atoms with van der Waals surface area (Å²) in [5.74, 6) is -0.160. The van der Waals surface area contributed by atoms with Crippen molar-refractivity contribution in [2.24, 2.45) is 0 Å². The van der Waals surface area contributed by atoms with Crippen molar-refractivity contribution in [2.75, 3.05) is 6.54 Å². The standard InChI is InChI=1S/C17H22N4O2/c1-2-3-8-18-15(22)10-21-11-19-16-13(17(21)23)9-12-6-4-5-7-14(12)20-16/h9,11H,2-8,10H2,1H3,(H,18,22). The fraction of sp³-hybridized carbons (Fsp3) is 0.529. The molecule has 3 rings (SSSR count). The van der Waals surface area contributed by atoms with Crippen LogP contribution in [0.25, 0.3) is 11.0 Å². The summed E-state index contributed by atoms with van der Waals surface area (Å²) in [4.78, 5) is 33.3. The Morgan fingerprint density at radius 3 is 3.00 bits per heavy atom. The molecule has 1 aliphatic carbocycles. The lowest BCUT2D eigenvalue weighted by molar-refractivity contribution is -0.121. The van der Waals surface area contributed by atoms with E-state index in [1.165, 1.54) is 10.9 Å². The van der Waals surface area contributed by atoms with Crippen LogP contribution in [0.3, 0.4) is 0 Å². The van der Waals surface area contributed by atoms with Gasteiger partial charge in [0.15, 0.2) is 5.65 Å². The van der Waals surface area contributed by atoms with Gasteiger partial charge >= 0.3 is 0 Å². The molecule has 0 spiro atoms. The zero-order valence-electron chi connectivity index (χ0n) is 13.5. The summed E-state index contributed by atoms with van der Waals surface area (Å²) in [5.41, 5.74) is 2.50. The predicted molar refractivity (Wildman–Crippen MR) is 88.4 cm³/mol. The van der Waals surface area contributed by atoms with Crippen molar-refractivity contribution in [1.29, 1.82) is 0 Å². The molecule has 122 valence electrons. The highest BCUT2D eigenvalue weighted by molar-refractivity contribution is 5.77. The van der Waals surface area contributed by atoms with Gasteiger partial charge in [-0.15, -0.1) is 0 Å². The van der Waals surface area contributed by atoms with E-state index < -0.39 is 0 Å². The van der Waals surface area contributed by atoms with Crippen molar-refractivity contribution in [2.45, 2.75) is 52.0 Å². The van der Waals surface area contributed by atoms with E-state index in [4.69, 9.17) is 0 Å². The zero-order valence-corrected chi connectivity index (χ0v) is 13.5. The van der Waals surface area contributed by atoms with Crippen LogP contribution in [0.2, 0.25) is 0 Å². The number of aromatic nitrogens is 3. The van der Waals surface area contributed by atoms with E-state index >= 15 is 0 Å². The third-order valence-corrected chi connectivity index (χ3v) is 4.26. The van der Waals surface area contributed by atoms with Crippen LogP contribution in [0, 0.1) is 0 Å². The maximum Gasteiger partial charge on any atom is 0.263 e. The molecular weight excluding hydrogens is 292 g/mol. The monoisotopic (exact) mass is 314 g/mol. The first-order valence-electron chi connectivity index (χ1n) is 8.33. The fourth-order valence-corrected chi connectivity index (χ4v) is 2.94. The number of nitrogens with one attached hydrogen (secondary N) is 1. The van der Waals surface area contributed by atoms with E-state index in [1.807, 2.05) is 6.07 Å². The van der Waals surface area contributed by atoms with Crippen LogP contribution in [0.4, 0.5) is 0 Å². The zero-order chi connectivity index (χ0) is 16.2. The third-order valence-electron chi connectivity index (χ3n) is 4.26. The summed E-state index contributed by atoms with van der Waals surface area (Å²) in [7, 11) is 0. The highest BCUT2D eigenvalue weighted by Gasteiger charge is 2.15. The fourth-order valence-electron chi connectivity index (χ4n) is 2.94. The van der Waals surface area contributed by atoms with E-state index in [0.717, 1.165) is 49.8 Å². The van der Waals surface area contributed by atoms with Gasteiger partial charge in [0.25, 0.3) is 5.56 Å². The second-order valence-electron chi connectivity index (χ2n) is 6.05. The lowest BCUT2D eigenvalue weighted by Crippen LogP contribution is -2.33. The maximum absolute atomic E-state index is 12.6. The first-order chi connectivity index (χ1) is 11.2. The van der Waals surface area contributed by atoms with Crippen LogP contribution in [-0.2, 0) is 24.2 Å². The van der Waals surface area contributed by atoms with Crippen molar-refractivity contribution >= 4 is 16.9 Å². The predicted octanol–water partition coefficient (Wildman–Crippen LogP) is 1.59. The summed E-state index contributed by atoms with van der Waals surface area (Å²) in [5, 5.41) is 3.32. The number of carbonyl (C=O) groups excluding carboxylic acids is 1. The van der Waals surface area contributed by atoms with Crippen LogP contribution >= 0.6 is 0 Å². The number of aryl methyl sites for hydroxylation is 2. The highest BCUT2D eigenvalue weighted by Crippen LogP contribution is 2.21. The molecule has 2 aromatic rings. The molecule has 23 heavy (non-hydrogen) atoms. The van der Waals surface area contributed by atoms with Crippen molar-refractivity contribution < 1.29 is 4.79 Å². The summed E-state index contributed by atoms with van der Waals surface area (Å²) < 4.78 is 1.36. The molecule has 6 nitrogen and oxygen atoms in total. The Hall–Kier alpha value is -2.24. The Morgan fingerprint density at radius 2 is 2.17 bits per heavy atom. The Kier molecular flexibility index (Phi) is 4.69. The van der Waals surface area contributed by atoms with E-state index in [-0.39, 0.29) is 18.0 Å². The van der Waals surface area contributed by atoms with Gasteiger partial charge in [0.05, 0.1) is 5.39 Å². The molecule has 0 fully saturated rings. The van der Waals surface area contributed by atoms with E-state index in [1.54, 1.807) is 0 Å². The average Bonchev–Trinajstić information content (AvgIpc) is 2.56. The van der Waals surface area contributed by atoms with E-state index in [0.29, 0.717) is 17.6 Å². The lowest BCUT2D eigenvalue weighted by atomic mass is 9.95. The molecule has 0 bridgehead atoms. The molecule has 1 aliphatic rings. The Balaban J connectivity index is 1.86. The Bertz CT molecular complexity index is 782. The molecule has 0 aliphatic heterocycles. The molecule has 2 heterocycles. The minimum absolute atomic E-state index is 0.00255. The lowest BCUT2D eigenvalue weighted by Gasteiger charge is -2.15. The first kappa shape index (κ1) is 15.6. The SMILES string of the molecule is CCCCNC(=O)Cn1cnc2nc3c(cc2c1=O)CCCC3. The number of pyridine rings is 1. The van der Waals surface area contributed by atoms with Gasteiger partial charge in [0, 0.05) is 12.2 Å². The van der Waals surface area contributed by atoms with Gasteiger partial charge in [-0.3, -0.25) is 14.2 Å². The first-order valence-corrected chi connectivity index (χ1v) is 8.33. The summed E-state index contributed by atoms with van der Waals surface area (Å²) in [6.07, 6.45) is 7.57. The minimum Gasteiger partial charge on any atom is -0.355 e. The van der Waals surface area contributed by atoms with Gasteiger partial charge in [-0.2, -0.15) is 0 Å². The Morgan fingerprint density at radius 1 is 1.35 bits per heavy atom. The largest absolute Gasteiger partial charge is 0.355 e. The summed E-state index contributed by atoms with van der Waals surface area (Å²) in [6.45, 7) is 2.71. The van der Waals surface area contributed by atoms with Gasteiger partial charge in [-0.05, 0) is 43.7 Å². The second-order valence-corrected chi connectivity index (χ2v) is 6.05. The number of hydrogen-bond donors (Lipinski definition) is 1. The van der Waals surface area contributed by atoms with Gasteiger partial charge in [-0.25, -0.2) is 9.97 Å². The minimum atomic E-state index is -0.193. The van der Waals surface area contributed by atoms with E-state index in [2.05, 4.69) is 22.2 Å². The van der Waals surface area contributed by atoms with Crippen molar-refractivity contribution in [1.82, 2.24) is 19.9 Å². The summed E-state index contributed by atoms with van der Waals surface area (Å²) >= 11 is 0. The number of fused-ring (bicyclic) bond motifs is 2. The van der Waals surface area contributed by atoms with Gasteiger partial charge in [-0.1, -0.05) is 13.3 Å². The molecule has 1 amide bonds. The maximum atomic E-state index is 12.6. The number of amides is 1. The molecule has 6 heteroatoms. The van der Waals surface area contributed by atoms with Crippen molar-refractivity contribution in [3.05, 3.63) is 34.0 Å². The third kappa shape index (κ3) is 3.41. The highest BCUT2D eigenvalue weighted by atomic mass is 16.2. The number of hydrogen-bond acceptors (Lipinski definition) is 4. The number of rotatable bonds is 5. The molecule has 1 N–H and O–H groups in total. The molecule has 0 atom stereocenters. The topological polar surface area (TPSA) is 76.9 Å². The van der Waals surface area contributed by atoms with Gasteiger partial charge in [0.1, 0.15) is 12.9 Å².